The van der Waals surface area contributed by atoms with E-state index in [9.17, 15) is 38.9 Å². The number of nitrogens with one attached hydrogen (secondary N) is 2. The first-order valence-electron chi connectivity index (χ1n) is 43.9. The van der Waals surface area contributed by atoms with Gasteiger partial charge >= 0.3 is 0 Å². The largest absolute Gasteiger partial charge is 0.490 e. The summed E-state index contributed by atoms with van der Waals surface area (Å²) in [6.07, 6.45) is 63.9. The lowest BCUT2D eigenvalue weighted by molar-refractivity contribution is 0.234. The summed E-state index contributed by atoms with van der Waals surface area (Å²) in [6.45, 7) is 8.23. The maximum atomic E-state index is 12.6. The minimum Gasteiger partial charge on any atom is -0.490 e. The SMILES string of the molecule is CCCCCCCCCCCCCCCCCOc1cc(-c2c3nc(c(-c4ccc(S(=O)(=O)O)cc4)c4ccc([nH]4)c(-c4ccc(S(=O)(=O)O)cc4)c4nc(c(-c5ccc(S(=O)(=O)O)cc5)c5ccc2[nH]5)C=C4)C=C3)cc(OCCCCCCCCCCCCCCCCC)c1OCCCCCCCCCCCCCCCCC. The maximum Gasteiger partial charge on any atom is 0.294 e. The number of H-pyrrole nitrogens is 2. The zero-order valence-electron chi connectivity index (χ0n) is 68.8. The Balaban J connectivity index is 1.12. The number of rotatable bonds is 58. The van der Waals surface area contributed by atoms with Gasteiger partial charge < -0.3 is 24.2 Å². The van der Waals surface area contributed by atoms with E-state index in [2.05, 4.69) is 42.9 Å². The molecule has 3 aromatic heterocycles. The quantitative estimate of drug-likeness (QED) is 0.0176. The standard InChI is InChI=1S/C95H132N4O12S3/c1-4-7-10-13-16-19-22-25-28-31-34-37-40-43-46-69-109-89-72-77(73-90(110-70-47-44-41-38-35-32-29-26-23-20-17-14-11-8-5-2)95(89)111-71-48-45-42-39-36-33-30-27-24-21-18-15-12-9-6-3)94-87-67-65-85(98-87)92(75-51-57-79(58-52-75)113(103,104)105)83-63-61-81(96-83)91(74-49-55-78(56-50-74)112(100,101)102)82-62-64-84(97-82)93(86-66-68-88(94)99-86)76-53-59-80(60-54-76)114(106,107)108/h49-68,72-73,96,99H,4-48,69-71H2,1-3H3,(H,100,101,102)(H,103,104,105)(H,106,107,108). The average Bonchev–Trinajstić information content (AvgIpc) is 1.59. The number of aromatic amines is 2. The number of nitrogens with zero attached hydrogens (tertiary/aromatic N) is 2. The molecule has 2 aliphatic rings. The minimum atomic E-state index is -4.58. The zero-order valence-corrected chi connectivity index (χ0v) is 71.2. The monoisotopic (exact) mass is 1620 g/mol. The highest BCUT2D eigenvalue weighted by Gasteiger charge is 2.25. The molecular weight excluding hydrogens is 1490 g/mol. The van der Waals surface area contributed by atoms with Crippen molar-refractivity contribution in [3.8, 4) is 61.8 Å². The molecule has 2 aliphatic heterocycles. The Bertz CT molecular complexity index is 4510. The molecule has 0 aliphatic carbocycles. The Morgan fingerprint density at radius 2 is 0.465 bits per heavy atom. The van der Waals surface area contributed by atoms with Gasteiger partial charge in [0.25, 0.3) is 30.4 Å². The molecule has 9 rings (SSSR count). The molecule has 622 valence electrons. The molecule has 8 bridgehead atoms. The van der Waals surface area contributed by atoms with Crippen LogP contribution in [0.4, 0.5) is 0 Å². The molecule has 0 fully saturated rings. The molecule has 0 radical (unpaired) electrons. The van der Waals surface area contributed by atoms with E-state index in [4.69, 9.17) is 24.2 Å². The van der Waals surface area contributed by atoms with Gasteiger partial charge in [0.2, 0.25) is 5.75 Å². The molecule has 5 heterocycles. The molecule has 7 aromatic rings. The second-order valence-electron chi connectivity index (χ2n) is 31.7. The Kier molecular flexibility index (Phi) is 38.9. The molecule has 5 N–H and O–H groups in total. The molecule has 0 amide bonds. The molecule has 0 saturated heterocycles. The van der Waals surface area contributed by atoms with Crippen molar-refractivity contribution in [3.63, 3.8) is 0 Å². The lowest BCUT2D eigenvalue weighted by Crippen LogP contribution is -2.07. The fourth-order valence-electron chi connectivity index (χ4n) is 15.8. The number of aromatic nitrogens is 4. The highest BCUT2D eigenvalue weighted by atomic mass is 32.2. The van der Waals surface area contributed by atoms with Crippen LogP contribution in [0.5, 0.6) is 17.2 Å². The third-order valence-corrected chi connectivity index (χ3v) is 25.0. The highest BCUT2D eigenvalue weighted by Crippen LogP contribution is 2.46. The summed E-state index contributed by atoms with van der Waals surface area (Å²) in [5.41, 5.74) is 9.11. The van der Waals surface area contributed by atoms with Gasteiger partial charge in [-0.2, -0.15) is 25.3 Å². The summed E-state index contributed by atoms with van der Waals surface area (Å²) in [4.78, 5) is 17.4. The number of unbranched alkanes of at least 4 members (excludes halogenated alkanes) is 42. The molecule has 0 atom stereocenters. The second kappa shape index (κ2) is 49.0. The lowest BCUT2D eigenvalue weighted by atomic mass is 10.0. The predicted molar refractivity (Wildman–Crippen MR) is 471 cm³/mol. The zero-order chi connectivity index (χ0) is 80.6. The first-order chi connectivity index (χ1) is 55.4. The van der Waals surface area contributed by atoms with Gasteiger partial charge in [0.15, 0.2) is 11.5 Å². The summed E-state index contributed by atoms with van der Waals surface area (Å²) in [7, 11) is -13.7. The predicted octanol–water partition coefficient (Wildman–Crippen LogP) is 27.8. The summed E-state index contributed by atoms with van der Waals surface area (Å²) >= 11 is 0. The third-order valence-electron chi connectivity index (χ3n) is 22.4. The summed E-state index contributed by atoms with van der Waals surface area (Å²) in [5, 5.41) is 0. The molecule has 16 nitrogen and oxygen atoms in total. The van der Waals surface area contributed by atoms with Gasteiger partial charge in [0.05, 0.1) is 57.3 Å². The van der Waals surface area contributed by atoms with Gasteiger partial charge in [0.1, 0.15) is 0 Å². The Morgan fingerprint density at radius 3 is 0.684 bits per heavy atom. The van der Waals surface area contributed by atoms with Crippen molar-refractivity contribution in [2.75, 3.05) is 19.8 Å². The molecule has 0 saturated carbocycles. The van der Waals surface area contributed by atoms with Crippen molar-refractivity contribution in [1.29, 1.82) is 0 Å². The third kappa shape index (κ3) is 29.7. The first-order valence-corrected chi connectivity index (χ1v) is 48.2. The molecule has 0 spiro atoms. The summed E-state index contributed by atoms with van der Waals surface area (Å²) < 4.78 is 127. The van der Waals surface area contributed by atoms with Crippen molar-refractivity contribution in [1.82, 2.24) is 19.9 Å². The van der Waals surface area contributed by atoms with Gasteiger partial charge in [-0.05, 0) is 139 Å². The van der Waals surface area contributed by atoms with Gasteiger partial charge in [0, 0.05) is 44.3 Å². The van der Waals surface area contributed by atoms with Gasteiger partial charge in [-0.15, -0.1) is 0 Å². The molecule has 0 unspecified atom stereocenters. The van der Waals surface area contributed by atoms with Crippen molar-refractivity contribution < 1.29 is 53.1 Å². The van der Waals surface area contributed by atoms with E-state index in [0.717, 1.165) is 63.4 Å². The Labute approximate surface area is 683 Å². The van der Waals surface area contributed by atoms with Crippen molar-refractivity contribution >= 4 is 76.7 Å². The molecule has 114 heavy (non-hydrogen) atoms. The Hall–Kier alpha value is -7.39. The van der Waals surface area contributed by atoms with Crippen molar-refractivity contribution in [3.05, 3.63) is 132 Å². The van der Waals surface area contributed by atoms with E-state index in [-0.39, 0.29) is 14.7 Å². The van der Waals surface area contributed by atoms with E-state index in [1.165, 1.54) is 268 Å². The normalized spacial score (nSPS) is 12.4. The van der Waals surface area contributed by atoms with E-state index < -0.39 is 30.4 Å². The average molecular weight is 1620 g/mol. The van der Waals surface area contributed by atoms with E-state index in [0.29, 0.717) is 121 Å². The van der Waals surface area contributed by atoms with Crippen LogP contribution in [-0.2, 0) is 30.4 Å². The summed E-state index contributed by atoms with van der Waals surface area (Å²) in [6, 6.07) is 29.4. The van der Waals surface area contributed by atoms with E-state index >= 15 is 0 Å². The van der Waals surface area contributed by atoms with Crippen LogP contribution in [0.25, 0.3) is 90.9 Å². The number of fused-ring (bicyclic) bond motifs is 8. The number of ether oxygens (including phenoxy) is 3. The number of hydrogen-bond acceptors (Lipinski definition) is 11. The van der Waals surface area contributed by atoms with Gasteiger partial charge in [-0.25, -0.2) is 9.97 Å². The van der Waals surface area contributed by atoms with Crippen molar-refractivity contribution in [2.24, 2.45) is 0 Å². The van der Waals surface area contributed by atoms with Crippen LogP contribution >= 0.6 is 0 Å². The lowest BCUT2D eigenvalue weighted by Gasteiger charge is -2.19. The highest BCUT2D eigenvalue weighted by molar-refractivity contribution is 7.86. The van der Waals surface area contributed by atoms with Crippen LogP contribution in [0, 0.1) is 0 Å². The topological polar surface area (TPSA) is 248 Å². The van der Waals surface area contributed by atoms with Crippen LogP contribution in [0.2, 0.25) is 0 Å². The van der Waals surface area contributed by atoms with E-state index in [1.54, 1.807) is 36.4 Å². The maximum absolute atomic E-state index is 12.6. The fraction of sp³-hybridized carbons (Fsp3) is 0.537. The summed E-state index contributed by atoms with van der Waals surface area (Å²) in [5.74, 6) is 1.70. The van der Waals surface area contributed by atoms with Crippen LogP contribution in [0.15, 0.2) is 124 Å². The van der Waals surface area contributed by atoms with Crippen LogP contribution < -0.4 is 14.2 Å². The molecular formula is C95H132N4O12S3. The van der Waals surface area contributed by atoms with Crippen molar-refractivity contribution in [2.45, 2.75) is 324 Å². The van der Waals surface area contributed by atoms with Gasteiger partial charge in [-0.1, -0.05) is 327 Å². The second-order valence-corrected chi connectivity index (χ2v) is 36.0. The van der Waals surface area contributed by atoms with Crippen LogP contribution in [0.3, 0.4) is 0 Å². The number of hydrogen-bond donors (Lipinski definition) is 5. The van der Waals surface area contributed by atoms with Crippen LogP contribution in [-0.4, -0.2) is 78.7 Å². The van der Waals surface area contributed by atoms with Gasteiger partial charge in [-0.3, -0.25) is 13.7 Å². The molecule has 19 heteroatoms. The number of benzene rings is 4. The minimum absolute atomic E-state index is 0.286. The Morgan fingerprint density at radius 1 is 0.263 bits per heavy atom. The van der Waals surface area contributed by atoms with Crippen LogP contribution in [0.1, 0.15) is 332 Å². The van der Waals surface area contributed by atoms with E-state index in [1.807, 2.05) is 48.6 Å². The fourth-order valence-corrected chi connectivity index (χ4v) is 17.3. The molecule has 4 aromatic carbocycles. The smallest absolute Gasteiger partial charge is 0.294 e. The first kappa shape index (κ1) is 90.5.